The molecule has 0 aromatic carbocycles. The number of carbonyl (C=O) groups is 3. The van der Waals surface area contributed by atoms with E-state index >= 15 is 0 Å². The van der Waals surface area contributed by atoms with Gasteiger partial charge in [-0.05, 0) is 13.8 Å². The molecule has 0 radical (unpaired) electrons. The van der Waals surface area contributed by atoms with Gasteiger partial charge >= 0.3 is 0 Å². The monoisotopic (exact) mass is 348 g/mol. The van der Waals surface area contributed by atoms with Crippen LogP contribution in [0, 0.1) is 0 Å². The Morgan fingerprint density at radius 2 is 1.73 bits per heavy atom. The van der Waals surface area contributed by atoms with Gasteiger partial charge < -0.3 is 21.3 Å². The van der Waals surface area contributed by atoms with Gasteiger partial charge in [0.2, 0.25) is 17.7 Å². The molecule has 0 aromatic heterocycles. The number of rotatable bonds is 9. The molecule has 126 valence electrons. The van der Waals surface area contributed by atoms with Crippen molar-refractivity contribution in [2.75, 3.05) is 18.8 Å². The van der Waals surface area contributed by atoms with Crippen LogP contribution in [0.15, 0.2) is 0 Å². The van der Waals surface area contributed by atoms with Gasteiger partial charge in [-0.3, -0.25) is 14.4 Å². The first-order valence-electron chi connectivity index (χ1n) is 6.86. The number of primary amides is 1. The molecule has 3 amide bonds. The molecule has 0 aromatic rings. The van der Waals surface area contributed by atoms with E-state index in [0.717, 1.165) is 0 Å². The van der Waals surface area contributed by atoms with Crippen LogP contribution in [0.3, 0.4) is 0 Å². The van der Waals surface area contributed by atoms with E-state index in [4.69, 9.17) is 18.0 Å². The minimum Gasteiger partial charge on any atom is -0.368 e. The van der Waals surface area contributed by atoms with Crippen molar-refractivity contribution < 1.29 is 14.4 Å². The van der Waals surface area contributed by atoms with E-state index in [9.17, 15) is 14.4 Å². The predicted molar refractivity (Wildman–Crippen MR) is 92.4 cm³/mol. The highest BCUT2D eigenvalue weighted by Gasteiger charge is 2.19. The van der Waals surface area contributed by atoms with Gasteiger partial charge in [-0.1, -0.05) is 12.2 Å². The Kier molecular flexibility index (Phi) is 9.75. The quantitative estimate of drug-likeness (QED) is 0.395. The summed E-state index contributed by atoms with van der Waals surface area (Å²) in [6.45, 7) is 6.99. The molecule has 0 saturated carbocycles. The van der Waals surface area contributed by atoms with Crippen molar-refractivity contribution in [2.24, 2.45) is 5.73 Å². The molecule has 0 rings (SSSR count). The lowest BCUT2D eigenvalue weighted by atomic mass is 10.3. The Balaban J connectivity index is 4.51. The standard InChI is InChI=1S/C13H24N4O3S2/c1-8(15-9(2)18)13(21)17(7-12(14)20)5-6-22-11(4)16-10(3)19/h8,11H,5-7H2,1-4H3,(H2,14,20)(H,15,18)(H,16,19). The van der Waals surface area contributed by atoms with Gasteiger partial charge in [-0.25, -0.2) is 0 Å². The van der Waals surface area contributed by atoms with Gasteiger partial charge in [0.1, 0.15) is 4.99 Å². The Hall–Kier alpha value is -1.35. The number of thiocarbonyl (C=S) groups is 1. The summed E-state index contributed by atoms with van der Waals surface area (Å²) < 4.78 is 0. The molecule has 0 aliphatic heterocycles. The van der Waals surface area contributed by atoms with Crippen molar-refractivity contribution in [1.82, 2.24) is 15.5 Å². The van der Waals surface area contributed by atoms with E-state index in [-0.39, 0.29) is 29.8 Å². The lowest BCUT2D eigenvalue weighted by Gasteiger charge is -2.28. The third kappa shape index (κ3) is 9.56. The lowest BCUT2D eigenvalue weighted by Crippen LogP contribution is -2.48. The fourth-order valence-corrected chi connectivity index (χ4v) is 2.91. The zero-order valence-corrected chi connectivity index (χ0v) is 15.0. The summed E-state index contributed by atoms with van der Waals surface area (Å²) >= 11 is 6.84. The number of hydrogen-bond donors (Lipinski definition) is 3. The van der Waals surface area contributed by atoms with Crippen LogP contribution in [-0.4, -0.2) is 57.9 Å². The second kappa shape index (κ2) is 10.4. The first kappa shape index (κ1) is 20.6. The smallest absolute Gasteiger partial charge is 0.236 e. The number of hydrogen-bond acceptors (Lipinski definition) is 5. The third-order valence-corrected chi connectivity index (χ3v) is 4.23. The Bertz CT molecular complexity index is 432. The van der Waals surface area contributed by atoms with Crippen molar-refractivity contribution in [2.45, 2.75) is 39.1 Å². The van der Waals surface area contributed by atoms with E-state index in [0.29, 0.717) is 17.3 Å². The van der Waals surface area contributed by atoms with E-state index in [1.54, 1.807) is 11.8 Å². The van der Waals surface area contributed by atoms with Crippen LogP contribution < -0.4 is 16.4 Å². The summed E-state index contributed by atoms with van der Waals surface area (Å²) in [4.78, 5) is 35.3. The van der Waals surface area contributed by atoms with Crippen LogP contribution in [0.5, 0.6) is 0 Å². The van der Waals surface area contributed by atoms with E-state index in [1.165, 1.54) is 25.6 Å². The van der Waals surface area contributed by atoms with Crippen LogP contribution in [0.4, 0.5) is 0 Å². The molecule has 22 heavy (non-hydrogen) atoms. The summed E-state index contributed by atoms with van der Waals surface area (Å²) in [6.07, 6.45) is 0. The minimum atomic E-state index is -0.489. The van der Waals surface area contributed by atoms with Gasteiger partial charge in [-0.15, -0.1) is 11.8 Å². The van der Waals surface area contributed by atoms with Gasteiger partial charge in [0.05, 0.1) is 18.0 Å². The number of carbonyl (C=O) groups excluding carboxylic acids is 3. The van der Waals surface area contributed by atoms with E-state index in [2.05, 4.69) is 10.6 Å². The fourth-order valence-electron chi connectivity index (χ4n) is 1.76. The zero-order valence-electron chi connectivity index (χ0n) is 13.3. The first-order chi connectivity index (χ1) is 10.1. The summed E-state index contributed by atoms with van der Waals surface area (Å²) in [6, 6.07) is -0.357. The summed E-state index contributed by atoms with van der Waals surface area (Å²) in [5, 5.41) is 5.41. The van der Waals surface area contributed by atoms with Crippen molar-refractivity contribution in [3.05, 3.63) is 0 Å². The molecular weight excluding hydrogens is 324 g/mol. The van der Waals surface area contributed by atoms with E-state index in [1.807, 2.05) is 6.92 Å². The SMILES string of the molecule is CC(=O)NC(C)SCCN(CC(N)=O)C(=S)C(C)NC(C)=O. The Labute approximate surface area is 140 Å². The summed E-state index contributed by atoms with van der Waals surface area (Å²) in [5.74, 6) is -0.120. The Morgan fingerprint density at radius 3 is 2.18 bits per heavy atom. The van der Waals surface area contributed by atoms with Gasteiger partial charge in [0.15, 0.2) is 0 Å². The van der Waals surface area contributed by atoms with Crippen molar-refractivity contribution in [3.63, 3.8) is 0 Å². The maximum absolute atomic E-state index is 11.2. The van der Waals surface area contributed by atoms with Crippen molar-refractivity contribution in [3.8, 4) is 0 Å². The molecule has 0 bridgehead atoms. The van der Waals surface area contributed by atoms with Gasteiger partial charge in [-0.2, -0.15) is 0 Å². The molecule has 4 N–H and O–H groups in total. The van der Waals surface area contributed by atoms with Crippen molar-refractivity contribution in [1.29, 1.82) is 0 Å². The highest BCUT2D eigenvalue weighted by molar-refractivity contribution is 7.99. The summed E-state index contributed by atoms with van der Waals surface area (Å²) in [7, 11) is 0. The maximum Gasteiger partial charge on any atom is 0.236 e. The fraction of sp³-hybridized carbons (Fsp3) is 0.692. The molecule has 0 aliphatic rings. The second-order valence-corrected chi connectivity index (χ2v) is 6.73. The van der Waals surface area contributed by atoms with Crippen LogP contribution in [0.2, 0.25) is 0 Å². The molecule has 0 fully saturated rings. The molecule has 0 saturated heterocycles. The van der Waals surface area contributed by atoms with Crippen LogP contribution in [0.1, 0.15) is 27.7 Å². The molecule has 0 heterocycles. The Morgan fingerprint density at radius 1 is 1.18 bits per heavy atom. The van der Waals surface area contributed by atoms with E-state index < -0.39 is 5.91 Å². The second-order valence-electron chi connectivity index (χ2n) is 4.86. The van der Waals surface area contributed by atoms with Crippen LogP contribution >= 0.6 is 24.0 Å². The topological polar surface area (TPSA) is 105 Å². The highest BCUT2D eigenvalue weighted by atomic mass is 32.2. The molecule has 7 nitrogen and oxygen atoms in total. The third-order valence-electron chi connectivity index (χ3n) is 2.58. The number of thioether (sulfide) groups is 1. The van der Waals surface area contributed by atoms with Gasteiger partial charge in [0, 0.05) is 26.1 Å². The molecule has 0 spiro atoms. The lowest BCUT2D eigenvalue weighted by molar-refractivity contribution is -0.120. The zero-order chi connectivity index (χ0) is 17.3. The number of nitrogens with one attached hydrogen (secondary N) is 2. The molecule has 9 heteroatoms. The predicted octanol–water partition coefficient (Wildman–Crippen LogP) is -0.159. The maximum atomic E-state index is 11.2. The average Bonchev–Trinajstić information content (AvgIpc) is 2.34. The van der Waals surface area contributed by atoms with Gasteiger partial charge in [0.25, 0.3) is 0 Å². The minimum absolute atomic E-state index is 0.00215. The summed E-state index contributed by atoms with van der Waals surface area (Å²) in [5.41, 5.74) is 5.24. The number of nitrogens with two attached hydrogens (primary N) is 1. The molecule has 0 aliphatic carbocycles. The number of nitrogens with zero attached hydrogens (tertiary/aromatic N) is 1. The van der Waals surface area contributed by atoms with Crippen molar-refractivity contribution >= 4 is 46.7 Å². The molecular formula is C13H24N4O3S2. The van der Waals surface area contributed by atoms with Crippen LogP contribution in [-0.2, 0) is 14.4 Å². The average molecular weight is 348 g/mol. The molecule has 2 atom stereocenters. The number of amides is 3. The normalized spacial score (nSPS) is 12.9. The first-order valence-corrected chi connectivity index (χ1v) is 8.32. The highest BCUT2D eigenvalue weighted by Crippen LogP contribution is 2.09. The molecule has 2 unspecified atom stereocenters. The largest absolute Gasteiger partial charge is 0.368 e. The van der Waals surface area contributed by atoms with Crippen LogP contribution in [0.25, 0.3) is 0 Å².